The molecule has 0 aromatic carbocycles. The van der Waals surface area contributed by atoms with Crippen molar-refractivity contribution < 1.29 is 9.53 Å². The normalized spacial score (nSPS) is 42.4. The maximum absolute atomic E-state index is 10.8. The van der Waals surface area contributed by atoms with Crippen LogP contribution < -0.4 is 5.73 Å². The summed E-state index contributed by atoms with van der Waals surface area (Å²) >= 11 is 0. The number of hydrogen-bond acceptors (Lipinski definition) is 2. The van der Waals surface area contributed by atoms with Crippen molar-refractivity contribution in [1.29, 1.82) is 0 Å². The van der Waals surface area contributed by atoms with Crippen LogP contribution >= 0.6 is 0 Å². The zero-order valence-corrected chi connectivity index (χ0v) is 6.45. The summed E-state index contributed by atoms with van der Waals surface area (Å²) in [4.78, 5) is 10.8. The van der Waals surface area contributed by atoms with E-state index in [2.05, 4.69) is 0 Å². The van der Waals surface area contributed by atoms with E-state index in [1.807, 2.05) is 0 Å². The van der Waals surface area contributed by atoms with Crippen LogP contribution in [0.5, 0.6) is 0 Å². The van der Waals surface area contributed by atoms with Gasteiger partial charge in [-0.1, -0.05) is 0 Å². The van der Waals surface area contributed by atoms with Crippen molar-refractivity contribution in [1.82, 2.24) is 0 Å². The Hall–Kier alpha value is -0.570. The van der Waals surface area contributed by atoms with Crippen molar-refractivity contribution in [3.05, 3.63) is 0 Å². The minimum absolute atomic E-state index is 0.0845. The molecule has 3 heteroatoms. The van der Waals surface area contributed by atoms with Crippen molar-refractivity contribution in [2.75, 3.05) is 0 Å². The summed E-state index contributed by atoms with van der Waals surface area (Å²) in [7, 11) is 0. The Labute approximate surface area is 65.9 Å². The second kappa shape index (κ2) is 2.48. The number of carbonyl (C=O) groups is 1. The van der Waals surface area contributed by atoms with E-state index < -0.39 is 0 Å². The zero-order valence-electron chi connectivity index (χ0n) is 6.45. The lowest BCUT2D eigenvalue weighted by molar-refractivity contribution is -0.127. The van der Waals surface area contributed by atoms with E-state index in [0.29, 0.717) is 12.2 Å². The van der Waals surface area contributed by atoms with E-state index in [4.69, 9.17) is 10.5 Å². The maximum Gasteiger partial charge on any atom is 0.220 e. The van der Waals surface area contributed by atoms with Crippen molar-refractivity contribution in [2.24, 2.45) is 11.7 Å². The lowest BCUT2D eigenvalue weighted by Gasteiger charge is -2.25. The molecule has 2 aliphatic rings. The maximum atomic E-state index is 10.8. The zero-order chi connectivity index (χ0) is 7.84. The Morgan fingerprint density at radius 2 is 1.82 bits per heavy atom. The average Bonchev–Trinajstić information content (AvgIpc) is 2.30. The number of hydrogen-bond donors (Lipinski definition) is 1. The summed E-state index contributed by atoms with van der Waals surface area (Å²) in [6.45, 7) is 0. The predicted octanol–water partition coefficient (Wildman–Crippen LogP) is 0.429. The molecule has 2 atom stereocenters. The largest absolute Gasteiger partial charge is 0.375 e. The smallest absolute Gasteiger partial charge is 0.220 e. The highest BCUT2D eigenvalue weighted by molar-refractivity contribution is 5.76. The van der Waals surface area contributed by atoms with Gasteiger partial charge in [-0.15, -0.1) is 0 Å². The molecule has 11 heavy (non-hydrogen) atoms. The molecule has 0 aromatic rings. The van der Waals surface area contributed by atoms with E-state index in [9.17, 15) is 4.79 Å². The van der Waals surface area contributed by atoms with E-state index in [0.717, 1.165) is 25.7 Å². The van der Waals surface area contributed by atoms with E-state index in [1.54, 1.807) is 0 Å². The average molecular weight is 155 g/mol. The molecule has 2 bridgehead atoms. The molecule has 1 amide bonds. The molecule has 0 radical (unpaired) electrons. The van der Waals surface area contributed by atoms with Crippen molar-refractivity contribution in [2.45, 2.75) is 37.9 Å². The number of amides is 1. The second-order valence-electron chi connectivity index (χ2n) is 3.53. The SMILES string of the molecule is NC(=O)C1CC2CCC(C1)O2. The number of primary amides is 1. The van der Waals surface area contributed by atoms with Crippen LogP contribution in [0.4, 0.5) is 0 Å². The molecule has 2 aliphatic heterocycles. The lowest BCUT2D eigenvalue weighted by atomic mass is 9.95. The first-order valence-corrected chi connectivity index (χ1v) is 4.20. The van der Waals surface area contributed by atoms with Gasteiger partial charge in [-0.25, -0.2) is 0 Å². The number of carbonyl (C=O) groups excluding carboxylic acids is 1. The number of rotatable bonds is 1. The molecule has 2 rings (SSSR count). The van der Waals surface area contributed by atoms with Crippen LogP contribution in [-0.4, -0.2) is 18.1 Å². The van der Waals surface area contributed by atoms with Crippen LogP contribution in [-0.2, 0) is 9.53 Å². The number of nitrogens with two attached hydrogens (primary N) is 1. The highest BCUT2D eigenvalue weighted by Gasteiger charge is 2.36. The summed E-state index contributed by atoms with van der Waals surface area (Å²) in [6.07, 6.45) is 4.60. The first-order valence-electron chi connectivity index (χ1n) is 4.20. The van der Waals surface area contributed by atoms with Crippen molar-refractivity contribution in [3.63, 3.8) is 0 Å². The van der Waals surface area contributed by atoms with Gasteiger partial charge in [0.2, 0.25) is 5.91 Å². The molecule has 0 aromatic heterocycles. The van der Waals surface area contributed by atoms with Gasteiger partial charge in [-0.3, -0.25) is 4.79 Å². The molecule has 62 valence electrons. The molecular formula is C8H13NO2. The highest BCUT2D eigenvalue weighted by Crippen LogP contribution is 2.35. The van der Waals surface area contributed by atoms with Crippen LogP contribution in [0.1, 0.15) is 25.7 Å². The molecule has 2 N–H and O–H groups in total. The Morgan fingerprint density at radius 3 is 2.27 bits per heavy atom. The standard InChI is InChI=1S/C8H13NO2/c9-8(10)5-3-6-1-2-7(4-5)11-6/h5-7H,1-4H2,(H2,9,10). The monoisotopic (exact) mass is 155 g/mol. The van der Waals surface area contributed by atoms with E-state index >= 15 is 0 Å². The molecule has 2 saturated heterocycles. The lowest BCUT2D eigenvalue weighted by Crippen LogP contribution is -2.33. The van der Waals surface area contributed by atoms with Crippen molar-refractivity contribution >= 4 is 5.91 Å². The van der Waals surface area contributed by atoms with Gasteiger partial charge in [-0.05, 0) is 25.7 Å². The third kappa shape index (κ3) is 1.25. The quantitative estimate of drug-likeness (QED) is 0.597. The van der Waals surface area contributed by atoms with Gasteiger partial charge in [0.1, 0.15) is 0 Å². The summed E-state index contributed by atoms with van der Waals surface area (Å²) in [5.74, 6) is -0.0635. The van der Waals surface area contributed by atoms with Gasteiger partial charge in [0, 0.05) is 5.92 Å². The van der Waals surface area contributed by atoms with Crippen molar-refractivity contribution in [3.8, 4) is 0 Å². The van der Waals surface area contributed by atoms with Gasteiger partial charge in [0.05, 0.1) is 12.2 Å². The minimum atomic E-state index is -0.148. The summed E-state index contributed by atoms with van der Waals surface area (Å²) in [6, 6.07) is 0. The fourth-order valence-corrected chi connectivity index (χ4v) is 2.09. The third-order valence-electron chi connectivity index (χ3n) is 2.69. The van der Waals surface area contributed by atoms with Gasteiger partial charge < -0.3 is 10.5 Å². The highest BCUT2D eigenvalue weighted by atomic mass is 16.5. The second-order valence-corrected chi connectivity index (χ2v) is 3.53. The fourth-order valence-electron chi connectivity index (χ4n) is 2.09. The molecule has 2 fully saturated rings. The number of ether oxygens (including phenoxy) is 1. The Bertz CT molecular complexity index is 169. The molecule has 0 spiro atoms. The van der Waals surface area contributed by atoms with Crippen LogP contribution in [0.25, 0.3) is 0 Å². The molecule has 0 saturated carbocycles. The Balaban J connectivity index is 2.02. The molecular weight excluding hydrogens is 142 g/mol. The third-order valence-corrected chi connectivity index (χ3v) is 2.69. The van der Waals surface area contributed by atoms with Crippen LogP contribution in [0.3, 0.4) is 0 Å². The topological polar surface area (TPSA) is 52.3 Å². The first-order chi connectivity index (χ1) is 5.25. The predicted molar refractivity (Wildman–Crippen MR) is 39.8 cm³/mol. The van der Waals surface area contributed by atoms with Gasteiger partial charge in [0.15, 0.2) is 0 Å². The van der Waals surface area contributed by atoms with Gasteiger partial charge in [-0.2, -0.15) is 0 Å². The molecule has 2 heterocycles. The minimum Gasteiger partial charge on any atom is -0.375 e. The van der Waals surface area contributed by atoms with Gasteiger partial charge in [0.25, 0.3) is 0 Å². The van der Waals surface area contributed by atoms with Crippen LogP contribution in [0.2, 0.25) is 0 Å². The first kappa shape index (κ1) is 7.10. The Kier molecular flexibility index (Phi) is 1.60. The van der Waals surface area contributed by atoms with Crippen LogP contribution in [0.15, 0.2) is 0 Å². The summed E-state index contributed by atoms with van der Waals surface area (Å²) in [5, 5.41) is 0. The Morgan fingerprint density at radius 1 is 1.27 bits per heavy atom. The van der Waals surface area contributed by atoms with E-state index in [1.165, 1.54) is 0 Å². The summed E-state index contributed by atoms with van der Waals surface area (Å²) in [5.41, 5.74) is 5.22. The van der Waals surface area contributed by atoms with E-state index in [-0.39, 0.29) is 11.8 Å². The number of fused-ring (bicyclic) bond motifs is 2. The van der Waals surface area contributed by atoms with Crippen LogP contribution in [0, 0.1) is 5.92 Å². The summed E-state index contributed by atoms with van der Waals surface area (Å²) < 4.78 is 5.57. The van der Waals surface area contributed by atoms with Gasteiger partial charge >= 0.3 is 0 Å². The molecule has 3 nitrogen and oxygen atoms in total. The fraction of sp³-hybridized carbons (Fsp3) is 0.875. The molecule has 2 unspecified atom stereocenters. The molecule has 0 aliphatic carbocycles.